The summed E-state index contributed by atoms with van der Waals surface area (Å²) in [7, 11) is -0.672. The van der Waals surface area contributed by atoms with E-state index in [9.17, 15) is 4.79 Å². The van der Waals surface area contributed by atoms with Gasteiger partial charge in [0.2, 0.25) is 0 Å². The van der Waals surface area contributed by atoms with Crippen molar-refractivity contribution in [3.8, 4) is 0 Å². The second-order valence-electron chi connectivity index (χ2n) is 4.46. The van der Waals surface area contributed by atoms with Crippen LogP contribution in [0.3, 0.4) is 0 Å². The fraction of sp³-hybridized carbons (Fsp3) is 0.583. The number of unbranched alkanes of at least 4 members (excludes halogenated alkanes) is 1. The van der Waals surface area contributed by atoms with Gasteiger partial charge in [-0.1, -0.05) is 24.8 Å². The van der Waals surface area contributed by atoms with Gasteiger partial charge in [-0.25, -0.2) is 4.79 Å². The second kappa shape index (κ2) is 11.1. The standard InChI is InChI=1S/C11H20NO2S.CH3.W.Y/c1-10-9-12(11(13)14-10)7-5-6-8-15(2,3)4;;;/h5,10H,1-2,6-9H2,3-4H3;1H3;;/q-3;-1;+2;/t10-;;;/m0.../s1. The van der Waals surface area contributed by atoms with Crippen LogP contribution in [0.25, 0.3) is 0 Å². The van der Waals surface area contributed by atoms with Crippen LogP contribution in [0.1, 0.15) is 6.42 Å². The summed E-state index contributed by atoms with van der Waals surface area (Å²) in [6.07, 6.45) is 11.2. The first-order valence-electron chi connectivity index (χ1n) is 5.03. The summed E-state index contributed by atoms with van der Waals surface area (Å²) >= 11 is 0. The van der Waals surface area contributed by atoms with Crippen LogP contribution in [0.2, 0.25) is 0 Å². The van der Waals surface area contributed by atoms with Crippen molar-refractivity contribution in [3.05, 3.63) is 27.0 Å². The third-order valence-electron chi connectivity index (χ3n) is 2.17. The molecule has 0 spiro atoms. The summed E-state index contributed by atoms with van der Waals surface area (Å²) in [5.41, 5.74) is 0. The molecule has 1 saturated heterocycles. The zero-order valence-electron chi connectivity index (χ0n) is 11.6. The van der Waals surface area contributed by atoms with E-state index in [0.29, 0.717) is 13.1 Å². The van der Waals surface area contributed by atoms with Crippen LogP contribution in [-0.4, -0.2) is 48.5 Å². The number of ether oxygens (including phenoxy) is 1. The van der Waals surface area contributed by atoms with E-state index < -0.39 is 10.0 Å². The number of cyclic esters (lactones) is 1. The van der Waals surface area contributed by atoms with Gasteiger partial charge in [0.25, 0.3) is 0 Å². The van der Waals surface area contributed by atoms with Crippen LogP contribution in [0.5, 0.6) is 0 Å². The number of carbonyl (C=O) groups is 1. The molecular formula is C12H23NO2SWY-2. The Kier molecular flexibility index (Phi) is 15.1. The fourth-order valence-electron chi connectivity index (χ4n) is 1.37. The van der Waals surface area contributed by atoms with Crippen LogP contribution in [0.15, 0.2) is 0 Å². The van der Waals surface area contributed by atoms with Gasteiger partial charge in [-0.15, -0.1) is 0 Å². The molecule has 6 heteroatoms. The maximum atomic E-state index is 11.2. The van der Waals surface area contributed by atoms with Crippen molar-refractivity contribution < 1.29 is 63.3 Å². The first kappa shape index (κ1) is 24.4. The van der Waals surface area contributed by atoms with E-state index in [2.05, 4.69) is 32.1 Å². The summed E-state index contributed by atoms with van der Waals surface area (Å²) < 4.78 is 4.92. The smallest absolute Gasteiger partial charge is 0.478 e. The SMILES string of the molecule is [CH2-][C@H]1CN(C[CH-]CCS([CH2-])(C)C)C(=O)O1.[CH3-].[W+2].[Y]. The molecule has 1 heterocycles. The van der Waals surface area contributed by atoms with Gasteiger partial charge >= 0.3 is 27.2 Å². The van der Waals surface area contributed by atoms with Gasteiger partial charge in [-0.3, -0.25) is 0 Å². The number of nitrogens with zero attached hydrogens (tertiary/aromatic N) is 1. The maximum Gasteiger partial charge on any atom is 2.00 e. The molecule has 1 rings (SSSR count). The van der Waals surface area contributed by atoms with Crippen LogP contribution in [-0.2, 0) is 58.5 Å². The van der Waals surface area contributed by atoms with Crippen LogP contribution in [0, 0.1) is 27.0 Å². The van der Waals surface area contributed by atoms with Crippen molar-refractivity contribution >= 4 is 16.1 Å². The summed E-state index contributed by atoms with van der Waals surface area (Å²) in [5, 5.41) is 0. The Hall–Kier alpha value is 1.41. The van der Waals surface area contributed by atoms with E-state index in [4.69, 9.17) is 4.74 Å². The Bertz CT molecular complexity index is 237. The molecule has 3 nitrogen and oxygen atoms in total. The summed E-state index contributed by atoms with van der Waals surface area (Å²) in [6, 6.07) is 0. The van der Waals surface area contributed by atoms with E-state index in [-0.39, 0.29) is 73.4 Å². The van der Waals surface area contributed by atoms with E-state index in [1.54, 1.807) is 4.90 Å². The molecule has 1 radical (unpaired) electrons. The Balaban J connectivity index is -0.000000750. The van der Waals surface area contributed by atoms with Gasteiger partial charge < -0.3 is 46.7 Å². The van der Waals surface area contributed by atoms with Crippen molar-refractivity contribution in [2.45, 2.75) is 12.5 Å². The molecule has 0 aromatic rings. The molecule has 1 aliphatic heterocycles. The molecule has 0 unspecified atom stereocenters. The molecule has 105 valence electrons. The monoisotopic (exact) mass is 518 g/mol. The van der Waals surface area contributed by atoms with Gasteiger partial charge in [0, 0.05) is 39.3 Å². The molecule has 1 aliphatic rings. The zero-order chi connectivity index (χ0) is 11.5. The predicted octanol–water partition coefficient (Wildman–Crippen LogP) is 2.54. The van der Waals surface area contributed by atoms with Gasteiger partial charge in [0.15, 0.2) is 0 Å². The molecule has 0 saturated carbocycles. The zero-order valence-corrected chi connectivity index (χ0v) is 18.1. The topological polar surface area (TPSA) is 29.5 Å². The minimum Gasteiger partial charge on any atom is -0.478 e. The van der Waals surface area contributed by atoms with Crippen LogP contribution in [0.4, 0.5) is 4.79 Å². The number of amides is 1. The fourth-order valence-corrected chi connectivity index (χ4v) is 2.18. The summed E-state index contributed by atoms with van der Waals surface area (Å²) in [5.74, 6) is 1.11. The predicted molar refractivity (Wildman–Crippen MR) is 72.2 cm³/mol. The van der Waals surface area contributed by atoms with Crippen molar-refractivity contribution in [1.29, 1.82) is 0 Å². The molecule has 1 amide bonds. The van der Waals surface area contributed by atoms with E-state index in [0.717, 1.165) is 12.2 Å². The third kappa shape index (κ3) is 10.2. The number of carbonyl (C=O) groups excluding carboxylic acids is 1. The maximum absolute atomic E-state index is 11.2. The molecule has 18 heavy (non-hydrogen) atoms. The minimum atomic E-state index is -0.672. The van der Waals surface area contributed by atoms with Gasteiger partial charge in [-0.2, -0.15) is 6.42 Å². The first-order valence-corrected chi connectivity index (χ1v) is 7.81. The van der Waals surface area contributed by atoms with Gasteiger partial charge in [0.05, 0.1) is 0 Å². The molecule has 0 N–H and O–H groups in total. The molecule has 0 bridgehead atoms. The van der Waals surface area contributed by atoms with E-state index in [1.807, 2.05) is 0 Å². The Morgan fingerprint density at radius 2 is 2.11 bits per heavy atom. The molecule has 0 aromatic carbocycles. The molecule has 1 atom stereocenters. The Morgan fingerprint density at radius 1 is 1.56 bits per heavy atom. The Labute approximate surface area is 154 Å². The van der Waals surface area contributed by atoms with Crippen molar-refractivity contribution in [2.75, 3.05) is 31.4 Å². The quantitative estimate of drug-likeness (QED) is 0.414. The van der Waals surface area contributed by atoms with E-state index >= 15 is 0 Å². The number of hydrogen-bond acceptors (Lipinski definition) is 2. The van der Waals surface area contributed by atoms with Crippen LogP contribution < -0.4 is 0 Å². The number of hydrogen-bond donors (Lipinski definition) is 0. The molecule has 0 aliphatic carbocycles. The average Bonchev–Trinajstić information content (AvgIpc) is 2.37. The minimum absolute atomic E-state index is 0. The first-order chi connectivity index (χ1) is 6.88. The molecule has 1 fully saturated rings. The second-order valence-corrected chi connectivity index (χ2v) is 8.40. The molecular weight excluding hydrogens is 495 g/mol. The number of rotatable bonds is 5. The van der Waals surface area contributed by atoms with Crippen molar-refractivity contribution in [3.63, 3.8) is 0 Å². The van der Waals surface area contributed by atoms with Crippen molar-refractivity contribution in [1.82, 2.24) is 4.90 Å². The summed E-state index contributed by atoms with van der Waals surface area (Å²) in [4.78, 5) is 12.9. The largest absolute Gasteiger partial charge is 2.00 e. The normalized spacial score (nSPS) is 19.2. The van der Waals surface area contributed by atoms with Crippen molar-refractivity contribution in [2.24, 2.45) is 0 Å². The average molecular weight is 518 g/mol. The van der Waals surface area contributed by atoms with Crippen LogP contribution >= 0.6 is 10.0 Å². The summed E-state index contributed by atoms with van der Waals surface area (Å²) in [6.45, 7) is 4.98. The third-order valence-corrected chi connectivity index (χ3v) is 3.51. The van der Waals surface area contributed by atoms with Gasteiger partial charge in [0.1, 0.15) is 0 Å². The molecule has 0 aromatic heterocycles. The van der Waals surface area contributed by atoms with E-state index in [1.165, 1.54) is 0 Å². The van der Waals surface area contributed by atoms with Gasteiger partial charge in [-0.05, 0) is 6.10 Å². The Morgan fingerprint density at radius 3 is 2.50 bits per heavy atom.